The number of ketones is 1. The molecule has 78 valence electrons. The number of ether oxygens (including phenoxy) is 2. The first-order valence-electron chi connectivity index (χ1n) is 5.02. The Morgan fingerprint density at radius 3 is 2.86 bits per heavy atom. The molecule has 0 radical (unpaired) electrons. The van der Waals surface area contributed by atoms with Crippen molar-refractivity contribution in [3.8, 4) is 0 Å². The molecule has 0 heterocycles. The average Bonchev–Trinajstić information content (AvgIpc) is 2.50. The van der Waals surface area contributed by atoms with Crippen LogP contribution in [0.15, 0.2) is 0 Å². The maximum absolute atomic E-state index is 11.6. The van der Waals surface area contributed by atoms with Gasteiger partial charge < -0.3 is 9.47 Å². The maximum Gasteiger partial charge on any atom is 0.509 e. The molecule has 0 spiro atoms. The number of Topliss-reactive ketones (excluding diaryl/α,β-unsaturated/α-hetero) is 1. The fraction of sp³-hybridized carbons (Fsp3) is 0.800. The molecule has 2 rings (SSSR count). The Bertz CT molecular complexity index is 286. The number of carbonyl (C=O) groups is 2. The van der Waals surface area contributed by atoms with Crippen LogP contribution in [0.4, 0.5) is 4.79 Å². The molecule has 4 heteroatoms. The minimum absolute atomic E-state index is 0.0584. The van der Waals surface area contributed by atoms with Gasteiger partial charge in [0, 0.05) is 18.3 Å². The maximum atomic E-state index is 11.6. The third kappa shape index (κ3) is 1.06. The third-order valence-corrected chi connectivity index (χ3v) is 3.35. The zero-order valence-electron chi connectivity index (χ0n) is 8.41. The zero-order chi connectivity index (χ0) is 10.3. The largest absolute Gasteiger partial charge is 0.509 e. The summed E-state index contributed by atoms with van der Waals surface area (Å²) in [6.45, 7) is 3.94. The summed E-state index contributed by atoms with van der Waals surface area (Å²) in [4.78, 5) is 22.7. The Balaban J connectivity index is 2.03. The van der Waals surface area contributed by atoms with E-state index in [4.69, 9.17) is 4.74 Å². The predicted molar refractivity (Wildman–Crippen MR) is 47.7 cm³/mol. The highest BCUT2D eigenvalue weighted by atomic mass is 16.7. The van der Waals surface area contributed by atoms with Crippen molar-refractivity contribution in [2.45, 2.75) is 32.3 Å². The van der Waals surface area contributed by atoms with Crippen molar-refractivity contribution in [3.05, 3.63) is 0 Å². The fourth-order valence-electron chi connectivity index (χ4n) is 2.53. The molecule has 0 aromatic rings. The van der Waals surface area contributed by atoms with Gasteiger partial charge in [-0.2, -0.15) is 0 Å². The van der Waals surface area contributed by atoms with E-state index in [-0.39, 0.29) is 24.2 Å². The fourth-order valence-corrected chi connectivity index (χ4v) is 2.53. The molecule has 0 N–H and O–H groups in total. The molecule has 0 amide bonds. The lowest BCUT2D eigenvalue weighted by Crippen LogP contribution is -2.30. The minimum Gasteiger partial charge on any atom is -0.435 e. The lowest BCUT2D eigenvalue weighted by Gasteiger charge is -2.13. The van der Waals surface area contributed by atoms with Crippen LogP contribution in [0.1, 0.15) is 26.7 Å². The molecule has 2 saturated carbocycles. The standard InChI is InChI=1S/C10H14O4/c1-3-13-9(12)14-10-6(2)7(10)4-5-8(10)11/h6-7H,3-5H2,1-2H3. The molecule has 0 saturated heterocycles. The number of carbonyl (C=O) groups excluding carboxylic acids is 2. The summed E-state index contributed by atoms with van der Waals surface area (Å²) >= 11 is 0. The first kappa shape index (κ1) is 9.49. The van der Waals surface area contributed by atoms with Gasteiger partial charge in [-0.25, -0.2) is 4.79 Å². The van der Waals surface area contributed by atoms with Crippen molar-refractivity contribution >= 4 is 11.9 Å². The summed E-state index contributed by atoms with van der Waals surface area (Å²) in [5, 5.41) is 0. The smallest absolute Gasteiger partial charge is 0.435 e. The molecule has 2 fully saturated rings. The lowest BCUT2D eigenvalue weighted by atomic mass is 10.1. The Morgan fingerprint density at radius 2 is 2.36 bits per heavy atom. The number of hydrogen-bond acceptors (Lipinski definition) is 4. The predicted octanol–water partition coefficient (Wildman–Crippen LogP) is 1.53. The Labute approximate surface area is 82.6 Å². The van der Waals surface area contributed by atoms with E-state index in [1.54, 1.807) is 6.92 Å². The third-order valence-electron chi connectivity index (χ3n) is 3.35. The summed E-state index contributed by atoms with van der Waals surface area (Å²) in [6, 6.07) is 0. The van der Waals surface area contributed by atoms with Gasteiger partial charge in [-0.15, -0.1) is 0 Å². The average molecular weight is 198 g/mol. The lowest BCUT2D eigenvalue weighted by molar-refractivity contribution is -0.130. The summed E-state index contributed by atoms with van der Waals surface area (Å²) in [7, 11) is 0. The highest BCUT2D eigenvalue weighted by Crippen LogP contribution is 2.61. The first-order chi connectivity index (χ1) is 6.63. The Morgan fingerprint density at radius 1 is 1.64 bits per heavy atom. The summed E-state index contributed by atoms with van der Waals surface area (Å²) in [5.41, 5.74) is -0.813. The summed E-state index contributed by atoms with van der Waals surface area (Å²) in [6.07, 6.45) is 0.672. The highest BCUT2D eigenvalue weighted by molar-refractivity contribution is 5.95. The van der Waals surface area contributed by atoms with E-state index in [1.807, 2.05) is 6.92 Å². The van der Waals surface area contributed by atoms with Crippen LogP contribution in [-0.4, -0.2) is 24.1 Å². The molecule has 0 aromatic carbocycles. The summed E-state index contributed by atoms with van der Waals surface area (Å²) in [5.74, 6) is 0.468. The molecule has 4 nitrogen and oxygen atoms in total. The van der Waals surface area contributed by atoms with Crippen LogP contribution < -0.4 is 0 Å². The monoisotopic (exact) mass is 198 g/mol. The van der Waals surface area contributed by atoms with E-state index < -0.39 is 11.8 Å². The normalized spacial score (nSPS) is 39.1. The summed E-state index contributed by atoms with van der Waals surface area (Å²) < 4.78 is 9.81. The Hall–Kier alpha value is -1.06. The van der Waals surface area contributed by atoms with Crippen LogP contribution in [-0.2, 0) is 14.3 Å². The number of fused-ring (bicyclic) bond motifs is 1. The van der Waals surface area contributed by atoms with Gasteiger partial charge in [-0.3, -0.25) is 4.79 Å². The second-order valence-electron chi connectivity index (χ2n) is 3.94. The van der Waals surface area contributed by atoms with Crippen molar-refractivity contribution in [1.29, 1.82) is 0 Å². The van der Waals surface area contributed by atoms with Gasteiger partial charge in [0.15, 0.2) is 11.4 Å². The van der Waals surface area contributed by atoms with Crippen LogP contribution in [0.25, 0.3) is 0 Å². The van der Waals surface area contributed by atoms with Gasteiger partial charge in [0.25, 0.3) is 0 Å². The molecule has 2 aliphatic carbocycles. The minimum atomic E-state index is -0.813. The van der Waals surface area contributed by atoms with Crippen LogP contribution in [0.2, 0.25) is 0 Å². The molecule has 3 unspecified atom stereocenters. The van der Waals surface area contributed by atoms with Gasteiger partial charge in [0.2, 0.25) is 0 Å². The SMILES string of the molecule is CCOC(=O)OC12C(=O)CCC1C2C. The van der Waals surface area contributed by atoms with Gasteiger partial charge in [-0.05, 0) is 13.3 Å². The Kier molecular flexibility index (Phi) is 2.01. The molecule has 0 aromatic heterocycles. The van der Waals surface area contributed by atoms with Gasteiger partial charge in [-0.1, -0.05) is 6.92 Å². The van der Waals surface area contributed by atoms with Crippen molar-refractivity contribution in [2.75, 3.05) is 6.61 Å². The first-order valence-corrected chi connectivity index (χ1v) is 5.02. The number of rotatable bonds is 2. The van der Waals surface area contributed by atoms with Crippen LogP contribution in [0, 0.1) is 11.8 Å². The van der Waals surface area contributed by atoms with Gasteiger partial charge >= 0.3 is 6.16 Å². The van der Waals surface area contributed by atoms with E-state index in [9.17, 15) is 9.59 Å². The van der Waals surface area contributed by atoms with E-state index in [0.717, 1.165) is 6.42 Å². The number of hydrogen-bond donors (Lipinski definition) is 0. The molecule has 14 heavy (non-hydrogen) atoms. The van der Waals surface area contributed by atoms with Crippen molar-refractivity contribution in [2.24, 2.45) is 11.8 Å². The zero-order valence-corrected chi connectivity index (χ0v) is 8.41. The van der Waals surface area contributed by atoms with Gasteiger partial charge in [0.05, 0.1) is 6.61 Å². The molecular weight excluding hydrogens is 184 g/mol. The van der Waals surface area contributed by atoms with Crippen LogP contribution in [0.5, 0.6) is 0 Å². The molecular formula is C10H14O4. The molecule has 2 aliphatic rings. The van der Waals surface area contributed by atoms with E-state index in [1.165, 1.54) is 0 Å². The molecule has 0 aliphatic heterocycles. The van der Waals surface area contributed by atoms with Crippen molar-refractivity contribution in [3.63, 3.8) is 0 Å². The van der Waals surface area contributed by atoms with Crippen LogP contribution in [0.3, 0.4) is 0 Å². The topological polar surface area (TPSA) is 52.6 Å². The second kappa shape index (κ2) is 2.97. The van der Waals surface area contributed by atoms with Crippen molar-refractivity contribution in [1.82, 2.24) is 0 Å². The quantitative estimate of drug-likeness (QED) is 0.631. The van der Waals surface area contributed by atoms with Crippen LogP contribution >= 0.6 is 0 Å². The van der Waals surface area contributed by atoms with E-state index >= 15 is 0 Å². The molecule has 0 bridgehead atoms. The van der Waals surface area contributed by atoms with E-state index in [2.05, 4.69) is 4.74 Å². The van der Waals surface area contributed by atoms with E-state index in [0.29, 0.717) is 6.42 Å². The van der Waals surface area contributed by atoms with Crippen molar-refractivity contribution < 1.29 is 19.1 Å². The second-order valence-corrected chi connectivity index (χ2v) is 3.94. The van der Waals surface area contributed by atoms with Gasteiger partial charge in [0.1, 0.15) is 0 Å². The molecule has 3 atom stereocenters. The highest BCUT2D eigenvalue weighted by Gasteiger charge is 2.73.